The number of halogens is 3. The van der Waals surface area contributed by atoms with E-state index in [2.05, 4.69) is 5.10 Å². The largest absolute Gasteiger partial charge is 0.454 e. The molecule has 2 heterocycles. The van der Waals surface area contributed by atoms with Crippen molar-refractivity contribution in [3.05, 3.63) is 53.6 Å². The van der Waals surface area contributed by atoms with Crippen molar-refractivity contribution >= 4 is 33.4 Å². The average Bonchev–Trinajstić information content (AvgIpc) is 3.25. The van der Waals surface area contributed by atoms with Crippen LogP contribution in [0.5, 0.6) is 11.5 Å². The lowest BCUT2D eigenvalue weighted by atomic mass is 10.1. The second kappa shape index (κ2) is 6.85. The van der Waals surface area contributed by atoms with Gasteiger partial charge in [0.2, 0.25) is 16.8 Å². The molecule has 156 valence electrons. The van der Waals surface area contributed by atoms with E-state index in [0.717, 1.165) is 30.3 Å². The molecular weight excluding hydrogens is 427 g/mol. The third kappa shape index (κ3) is 3.62. The number of anilines is 1. The van der Waals surface area contributed by atoms with Crippen LogP contribution in [-0.2, 0) is 14.8 Å². The van der Waals surface area contributed by atoms with Crippen molar-refractivity contribution in [3.8, 4) is 11.5 Å². The Morgan fingerprint density at radius 1 is 1.07 bits per heavy atom. The van der Waals surface area contributed by atoms with Crippen LogP contribution in [0.4, 0.5) is 18.9 Å². The molecule has 4 rings (SSSR count). The molecule has 1 amide bonds. The maximum atomic E-state index is 13.5. The molecule has 2 aromatic rings. The summed E-state index contributed by atoms with van der Waals surface area (Å²) in [5, 5.41) is 8.97. The van der Waals surface area contributed by atoms with E-state index in [1.807, 2.05) is 0 Å². The maximum Gasteiger partial charge on any atom is 0.435 e. The van der Waals surface area contributed by atoms with Gasteiger partial charge in [0.25, 0.3) is 5.91 Å². The first-order valence-corrected chi connectivity index (χ1v) is 9.83. The van der Waals surface area contributed by atoms with Crippen LogP contribution in [0.1, 0.15) is 5.56 Å². The number of primary sulfonamides is 1. The number of benzene rings is 2. The third-order valence-corrected chi connectivity index (χ3v) is 5.19. The fourth-order valence-electron chi connectivity index (χ4n) is 2.88. The van der Waals surface area contributed by atoms with Crippen molar-refractivity contribution in [3.63, 3.8) is 0 Å². The highest BCUT2D eigenvalue weighted by atomic mass is 32.2. The Kier molecular flexibility index (Phi) is 4.55. The van der Waals surface area contributed by atoms with Crippen molar-refractivity contribution in [2.24, 2.45) is 10.2 Å². The van der Waals surface area contributed by atoms with Crippen molar-refractivity contribution in [2.45, 2.75) is 11.1 Å². The van der Waals surface area contributed by atoms with E-state index in [0.29, 0.717) is 16.5 Å². The van der Waals surface area contributed by atoms with Crippen LogP contribution in [0.2, 0.25) is 0 Å². The standard InChI is InChI=1S/C18H12F3N3O5S/c19-18(20,21)16-13(7-10-1-6-14-15(8-10)29-9-28-14)17(25)24(23-16)11-2-4-12(5-3-11)30(22,26)27/h1-8H,9H2,(H2,22,26,27). The number of hydrogen-bond acceptors (Lipinski definition) is 6. The van der Waals surface area contributed by atoms with Crippen LogP contribution < -0.4 is 19.6 Å². The molecule has 0 aliphatic carbocycles. The van der Waals surface area contributed by atoms with E-state index in [9.17, 15) is 26.4 Å². The van der Waals surface area contributed by atoms with E-state index in [1.54, 1.807) is 0 Å². The number of carbonyl (C=O) groups is 1. The highest BCUT2D eigenvalue weighted by Gasteiger charge is 2.46. The normalized spacial score (nSPS) is 17.6. The maximum absolute atomic E-state index is 13.5. The number of nitrogens with zero attached hydrogens (tertiary/aromatic N) is 2. The van der Waals surface area contributed by atoms with Gasteiger partial charge in [0.05, 0.1) is 16.2 Å². The molecule has 2 aromatic carbocycles. The highest BCUT2D eigenvalue weighted by molar-refractivity contribution is 7.89. The van der Waals surface area contributed by atoms with Gasteiger partial charge in [0.1, 0.15) is 0 Å². The van der Waals surface area contributed by atoms with Gasteiger partial charge in [-0.1, -0.05) is 6.07 Å². The van der Waals surface area contributed by atoms with Gasteiger partial charge in [-0.25, -0.2) is 13.6 Å². The van der Waals surface area contributed by atoms with Crippen LogP contribution in [0.25, 0.3) is 6.08 Å². The molecule has 12 heteroatoms. The van der Waals surface area contributed by atoms with Crippen LogP contribution in [0.15, 0.2) is 58.0 Å². The molecule has 0 saturated carbocycles. The quantitative estimate of drug-likeness (QED) is 0.739. The summed E-state index contributed by atoms with van der Waals surface area (Å²) in [7, 11) is -4.00. The van der Waals surface area contributed by atoms with Gasteiger partial charge in [-0.15, -0.1) is 0 Å². The van der Waals surface area contributed by atoms with Crippen LogP contribution in [0, 0.1) is 0 Å². The Hall–Kier alpha value is -3.38. The molecule has 8 nitrogen and oxygen atoms in total. The van der Waals surface area contributed by atoms with Gasteiger partial charge in [-0.3, -0.25) is 4.79 Å². The summed E-state index contributed by atoms with van der Waals surface area (Å²) in [6.45, 7) is -0.00809. The number of hydrazone groups is 1. The summed E-state index contributed by atoms with van der Waals surface area (Å²) in [6.07, 6.45) is -3.84. The molecule has 0 fully saturated rings. The number of nitrogens with two attached hydrogens (primary N) is 1. The third-order valence-electron chi connectivity index (χ3n) is 4.26. The molecule has 0 atom stereocenters. The number of hydrogen-bond donors (Lipinski definition) is 1. The Morgan fingerprint density at radius 2 is 1.73 bits per heavy atom. The monoisotopic (exact) mass is 439 g/mol. The minimum absolute atomic E-state index is 0.00809. The number of carbonyl (C=O) groups excluding carboxylic acids is 1. The van der Waals surface area contributed by atoms with Gasteiger partial charge in [-0.05, 0) is 48.0 Å². The number of sulfonamides is 1. The minimum atomic E-state index is -4.90. The Balaban J connectivity index is 1.73. The second-order valence-electron chi connectivity index (χ2n) is 6.27. The molecule has 0 radical (unpaired) electrons. The van der Waals surface area contributed by atoms with E-state index in [1.165, 1.54) is 18.2 Å². The first-order valence-electron chi connectivity index (χ1n) is 8.29. The summed E-state index contributed by atoms with van der Waals surface area (Å²) in [4.78, 5) is 12.5. The van der Waals surface area contributed by atoms with Crippen molar-refractivity contribution in [1.82, 2.24) is 0 Å². The number of fused-ring (bicyclic) bond motifs is 1. The minimum Gasteiger partial charge on any atom is -0.454 e. The number of alkyl halides is 3. The lowest BCUT2D eigenvalue weighted by molar-refractivity contribution is -0.114. The van der Waals surface area contributed by atoms with E-state index in [-0.39, 0.29) is 22.9 Å². The number of ether oxygens (including phenoxy) is 2. The Labute approximate surface area is 168 Å². The molecule has 2 N–H and O–H groups in total. The Morgan fingerprint density at radius 3 is 2.37 bits per heavy atom. The molecule has 2 aliphatic heterocycles. The zero-order chi connectivity index (χ0) is 21.7. The smallest absolute Gasteiger partial charge is 0.435 e. The Bertz CT molecular complexity index is 1200. The topological polar surface area (TPSA) is 111 Å². The zero-order valence-electron chi connectivity index (χ0n) is 14.9. The molecule has 0 saturated heterocycles. The SMILES string of the molecule is NS(=O)(=O)c1ccc(N2N=C(C(F)(F)F)C(=Cc3ccc4c(c3)OCO4)C2=O)cc1. The molecule has 0 unspecified atom stereocenters. The molecule has 30 heavy (non-hydrogen) atoms. The lowest BCUT2D eigenvalue weighted by Gasteiger charge is -2.12. The number of rotatable bonds is 3. The van der Waals surface area contributed by atoms with Crippen molar-refractivity contribution in [1.29, 1.82) is 0 Å². The van der Waals surface area contributed by atoms with Gasteiger partial charge in [-0.2, -0.15) is 23.3 Å². The average molecular weight is 439 g/mol. The molecular formula is C18H12F3N3O5S. The van der Waals surface area contributed by atoms with Gasteiger partial charge in [0.15, 0.2) is 17.2 Å². The first-order chi connectivity index (χ1) is 14.0. The predicted molar refractivity (Wildman–Crippen MR) is 99.3 cm³/mol. The lowest BCUT2D eigenvalue weighted by Crippen LogP contribution is -2.25. The summed E-state index contributed by atoms with van der Waals surface area (Å²) in [5.74, 6) is -0.240. The van der Waals surface area contributed by atoms with Crippen molar-refractivity contribution < 1.29 is 35.9 Å². The highest BCUT2D eigenvalue weighted by Crippen LogP contribution is 2.36. The van der Waals surface area contributed by atoms with Crippen molar-refractivity contribution in [2.75, 3.05) is 11.8 Å². The summed E-state index contributed by atoms with van der Waals surface area (Å²) < 4.78 is 73.6. The predicted octanol–water partition coefficient (Wildman–Crippen LogP) is 2.41. The zero-order valence-corrected chi connectivity index (χ0v) is 15.7. The molecule has 0 spiro atoms. The summed E-state index contributed by atoms with van der Waals surface area (Å²) in [6, 6.07) is 8.85. The summed E-state index contributed by atoms with van der Waals surface area (Å²) >= 11 is 0. The van der Waals surface area contributed by atoms with Gasteiger partial charge < -0.3 is 9.47 Å². The fourth-order valence-corrected chi connectivity index (χ4v) is 3.39. The molecule has 0 bridgehead atoms. The van der Waals surface area contributed by atoms with Crippen LogP contribution in [-0.4, -0.2) is 33.0 Å². The van der Waals surface area contributed by atoms with Crippen LogP contribution >= 0.6 is 0 Å². The van der Waals surface area contributed by atoms with Crippen LogP contribution in [0.3, 0.4) is 0 Å². The van der Waals surface area contributed by atoms with Gasteiger partial charge in [0, 0.05) is 0 Å². The second-order valence-corrected chi connectivity index (χ2v) is 7.83. The fraction of sp³-hybridized carbons (Fsp3) is 0.111. The number of amides is 1. The molecule has 0 aromatic heterocycles. The first kappa shape index (κ1) is 19.9. The van der Waals surface area contributed by atoms with E-state index in [4.69, 9.17) is 14.6 Å². The molecule has 2 aliphatic rings. The summed E-state index contributed by atoms with van der Waals surface area (Å²) in [5.41, 5.74) is -1.81. The van der Waals surface area contributed by atoms with Gasteiger partial charge >= 0.3 is 6.18 Å². The van der Waals surface area contributed by atoms with E-state index >= 15 is 0 Å². The van der Waals surface area contributed by atoms with E-state index < -0.39 is 33.4 Å².